The van der Waals surface area contributed by atoms with Crippen LogP contribution in [0.4, 0.5) is 0 Å². The molecule has 102 valence electrons. The summed E-state index contributed by atoms with van der Waals surface area (Å²) in [5, 5.41) is 0. The Morgan fingerprint density at radius 1 is 0.944 bits per heavy atom. The minimum Gasteiger partial charge on any atom is -0.379 e. The molecule has 3 heterocycles. The number of hydrogen-bond acceptors (Lipinski definition) is 2. The fourth-order valence-corrected chi connectivity index (χ4v) is 4.66. The monoisotopic (exact) mass is 249 g/mol. The van der Waals surface area contributed by atoms with E-state index in [1.165, 1.54) is 32.1 Å². The predicted molar refractivity (Wildman–Crippen MR) is 77.6 cm³/mol. The van der Waals surface area contributed by atoms with E-state index in [4.69, 9.17) is 4.74 Å². The quantitative estimate of drug-likeness (QED) is 0.709. The Labute approximate surface area is 113 Å². The third-order valence-corrected chi connectivity index (χ3v) is 5.63. The molecule has 3 fully saturated rings. The van der Waals surface area contributed by atoms with Crippen LogP contribution in [0.25, 0.3) is 0 Å². The molecule has 2 nitrogen and oxygen atoms in total. The highest BCUT2D eigenvalue weighted by Gasteiger charge is 2.38. The molecule has 3 aliphatic heterocycles. The minimum absolute atomic E-state index is 0.953. The first-order chi connectivity index (χ1) is 8.93. The van der Waals surface area contributed by atoms with E-state index >= 15 is 0 Å². The van der Waals surface area contributed by atoms with Gasteiger partial charge in [0.2, 0.25) is 0 Å². The molecule has 0 atom stereocenters. The van der Waals surface area contributed by atoms with Gasteiger partial charge in [-0.1, -0.05) is 56.5 Å². The second-order valence-corrected chi connectivity index (χ2v) is 6.64. The van der Waals surface area contributed by atoms with Crippen molar-refractivity contribution in [2.24, 2.45) is 0 Å². The highest BCUT2D eigenvalue weighted by molar-refractivity contribution is 6.62. The molecule has 0 spiro atoms. The minimum atomic E-state index is 0.953. The van der Waals surface area contributed by atoms with E-state index < -0.39 is 0 Å². The molecular weight excluding hydrogens is 221 g/mol. The molecule has 0 aromatic carbocycles. The van der Waals surface area contributed by atoms with Crippen LogP contribution in [0.2, 0.25) is 18.0 Å². The van der Waals surface area contributed by atoms with Gasteiger partial charge in [0.15, 0.2) is 0 Å². The summed E-state index contributed by atoms with van der Waals surface area (Å²) in [5.41, 5.74) is 0. The van der Waals surface area contributed by atoms with Crippen LogP contribution < -0.4 is 0 Å². The van der Waals surface area contributed by atoms with Crippen molar-refractivity contribution >= 4 is 6.71 Å². The largest absolute Gasteiger partial charge is 0.379 e. The maximum absolute atomic E-state index is 5.41. The van der Waals surface area contributed by atoms with Crippen molar-refractivity contribution in [1.82, 2.24) is 4.90 Å². The molecule has 0 saturated carbocycles. The predicted octanol–water partition coefficient (Wildman–Crippen LogP) is 3.31. The van der Waals surface area contributed by atoms with Gasteiger partial charge in [0.05, 0.1) is 13.2 Å². The Morgan fingerprint density at radius 3 is 2.17 bits per heavy atom. The maximum Gasteiger partial charge on any atom is 0.146 e. The first-order valence-corrected chi connectivity index (χ1v) is 8.23. The molecule has 0 aromatic heterocycles. The first-order valence-electron chi connectivity index (χ1n) is 8.23. The van der Waals surface area contributed by atoms with Crippen molar-refractivity contribution in [2.75, 3.05) is 32.8 Å². The molecule has 0 radical (unpaired) electrons. The van der Waals surface area contributed by atoms with Crippen LogP contribution in [0.15, 0.2) is 0 Å². The van der Waals surface area contributed by atoms with E-state index in [1.54, 1.807) is 25.7 Å². The third kappa shape index (κ3) is 3.11. The van der Waals surface area contributed by atoms with E-state index in [0.29, 0.717) is 0 Å². The SMILES string of the molecule is C1CC2CCCC(C1)B2CCCN1CCOCC1. The molecule has 0 aromatic rings. The maximum atomic E-state index is 5.41. The summed E-state index contributed by atoms with van der Waals surface area (Å²) in [7, 11) is 0. The van der Waals surface area contributed by atoms with Gasteiger partial charge in [0, 0.05) is 13.1 Å². The van der Waals surface area contributed by atoms with Gasteiger partial charge in [-0.15, -0.1) is 0 Å². The average Bonchev–Trinajstić information content (AvgIpc) is 2.39. The summed E-state index contributed by atoms with van der Waals surface area (Å²) in [6, 6.07) is 0. The van der Waals surface area contributed by atoms with E-state index in [1.807, 2.05) is 0 Å². The number of hydrogen-bond donors (Lipinski definition) is 0. The fourth-order valence-electron chi connectivity index (χ4n) is 4.66. The second kappa shape index (κ2) is 6.43. The molecule has 2 bridgehead atoms. The van der Waals surface area contributed by atoms with Gasteiger partial charge >= 0.3 is 0 Å². The van der Waals surface area contributed by atoms with Crippen molar-refractivity contribution in [2.45, 2.75) is 62.9 Å². The first kappa shape index (κ1) is 13.0. The summed E-state index contributed by atoms with van der Waals surface area (Å²) in [6.07, 6.45) is 12.1. The van der Waals surface area contributed by atoms with Gasteiger partial charge in [0.25, 0.3) is 0 Å². The van der Waals surface area contributed by atoms with Gasteiger partial charge in [0.1, 0.15) is 6.71 Å². The van der Waals surface area contributed by atoms with Gasteiger partial charge in [-0.2, -0.15) is 0 Å². The molecule has 3 heteroatoms. The number of nitrogens with zero attached hydrogens (tertiary/aromatic N) is 1. The zero-order valence-corrected chi connectivity index (χ0v) is 11.8. The van der Waals surface area contributed by atoms with Crippen LogP contribution in [-0.2, 0) is 4.74 Å². The molecule has 3 aliphatic rings. The van der Waals surface area contributed by atoms with Gasteiger partial charge in [-0.3, -0.25) is 4.90 Å². The van der Waals surface area contributed by atoms with Crippen molar-refractivity contribution < 1.29 is 4.74 Å². The van der Waals surface area contributed by atoms with E-state index in [2.05, 4.69) is 4.90 Å². The van der Waals surface area contributed by atoms with E-state index in [0.717, 1.165) is 44.7 Å². The molecule has 0 amide bonds. The zero-order chi connectivity index (χ0) is 12.2. The average molecular weight is 249 g/mol. The van der Waals surface area contributed by atoms with Crippen molar-refractivity contribution in [1.29, 1.82) is 0 Å². The summed E-state index contributed by atoms with van der Waals surface area (Å²) < 4.78 is 5.41. The Balaban J connectivity index is 1.41. The number of fused-ring (bicyclic) bond motifs is 2. The van der Waals surface area contributed by atoms with E-state index in [-0.39, 0.29) is 0 Å². The van der Waals surface area contributed by atoms with Crippen LogP contribution in [0.5, 0.6) is 0 Å². The smallest absolute Gasteiger partial charge is 0.146 e. The lowest BCUT2D eigenvalue weighted by molar-refractivity contribution is 0.0379. The van der Waals surface area contributed by atoms with Crippen molar-refractivity contribution in [3.8, 4) is 0 Å². The van der Waals surface area contributed by atoms with Crippen LogP contribution in [0, 0.1) is 0 Å². The van der Waals surface area contributed by atoms with Crippen LogP contribution in [0.1, 0.15) is 44.9 Å². The number of ether oxygens (including phenoxy) is 1. The zero-order valence-electron chi connectivity index (χ0n) is 11.8. The Kier molecular flexibility index (Phi) is 4.64. The van der Waals surface area contributed by atoms with Crippen LogP contribution in [0.3, 0.4) is 0 Å². The summed E-state index contributed by atoms with van der Waals surface area (Å²) in [6.45, 7) is 6.64. The molecule has 18 heavy (non-hydrogen) atoms. The highest BCUT2D eigenvalue weighted by Crippen LogP contribution is 2.47. The Hall–Kier alpha value is -0.0151. The van der Waals surface area contributed by atoms with Crippen molar-refractivity contribution in [3.05, 3.63) is 0 Å². The number of rotatable bonds is 4. The van der Waals surface area contributed by atoms with E-state index in [9.17, 15) is 0 Å². The molecular formula is C15H28BNO. The van der Waals surface area contributed by atoms with Crippen molar-refractivity contribution in [3.63, 3.8) is 0 Å². The highest BCUT2D eigenvalue weighted by atomic mass is 16.5. The van der Waals surface area contributed by atoms with Gasteiger partial charge in [-0.05, 0) is 13.0 Å². The number of morpholine rings is 1. The second-order valence-electron chi connectivity index (χ2n) is 6.64. The lowest BCUT2D eigenvalue weighted by Gasteiger charge is -2.41. The Bertz CT molecular complexity index is 233. The molecule has 3 saturated heterocycles. The molecule has 0 aliphatic carbocycles. The summed E-state index contributed by atoms with van der Waals surface area (Å²) in [4.78, 5) is 2.60. The van der Waals surface area contributed by atoms with Crippen LogP contribution in [-0.4, -0.2) is 44.5 Å². The summed E-state index contributed by atoms with van der Waals surface area (Å²) in [5.74, 6) is 2.20. The summed E-state index contributed by atoms with van der Waals surface area (Å²) >= 11 is 0. The lowest BCUT2D eigenvalue weighted by atomic mass is 9.26. The molecule has 0 N–H and O–H groups in total. The lowest BCUT2D eigenvalue weighted by Crippen LogP contribution is -2.38. The van der Waals surface area contributed by atoms with Crippen LogP contribution >= 0.6 is 0 Å². The van der Waals surface area contributed by atoms with Gasteiger partial charge in [-0.25, -0.2) is 0 Å². The third-order valence-electron chi connectivity index (χ3n) is 5.63. The standard InChI is InChI=1S/C15H28BNO/c1-4-14-6-2-7-15(5-1)16(14)8-3-9-17-10-12-18-13-11-17/h14-15H,1-13H2. The normalized spacial score (nSPS) is 33.7. The van der Waals surface area contributed by atoms with Gasteiger partial charge < -0.3 is 4.74 Å². The molecule has 0 unspecified atom stereocenters. The topological polar surface area (TPSA) is 12.5 Å². The molecule has 3 rings (SSSR count). The Morgan fingerprint density at radius 2 is 1.56 bits per heavy atom. The fraction of sp³-hybridized carbons (Fsp3) is 1.00.